The van der Waals surface area contributed by atoms with Crippen molar-refractivity contribution < 1.29 is 27.8 Å². The third-order valence-corrected chi connectivity index (χ3v) is 7.65. The van der Waals surface area contributed by atoms with Crippen molar-refractivity contribution in [3.05, 3.63) is 119 Å². The van der Waals surface area contributed by atoms with E-state index in [0.717, 1.165) is 11.6 Å². The number of rotatable bonds is 13. The maximum atomic E-state index is 13.1. The largest absolute Gasteiger partial charge is 0.493 e. The molecule has 0 spiro atoms. The van der Waals surface area contributed by atoms with Gasteiger partial charge >= 0.3 is 5.97 Å². The van der Waals surface area contributed by atoms with Crippen molar-refractivity contribution in [2.24, 2.45) is 5.73 Å². The third kappa shape index (κ3) is 7.62. The molecule has 0 aliphatic heterocycles. The Morgan fingerprint density at radius 3 is 2.32 bits per heavy atom. The SMILES string of the molecule is COc1cc(C(CNS(=O)(=O)c2cccc(C(=O)O)c2)Nc2ccc(C(=N)N)cc2)ccc1OCc1ccccc1. The molecule has 212 valence electrons. The van der Waals surface area contributed by atoms with E-state index < -0.39 is 22.0 Å². The zero-order valence-corrected chi connectivity index (χ0v) is 23.0. The minimum Gasteiger partial charge on any atom is -0.493 e. The Labute approximate surface area is 238 Å². The molecule has 0 aliphatic rings. The molecule has 4 aromatic rings. The fraction of sp³-hybridized carbons (Fsp3) is 0.133. The Bertz CT molecular complexity index is 1630. The van der Waals surface area contributed by atoms with E-state index in [1.54, 1.807) is 36.4 Å². The van der Waals surface area contributed by atoms with E-state index in [9.17, 15) is 18.3 Å². The second kappa shape index (κ2) is 13.0. The predicted molar refractivity (Wildman–Crippen MR) is 156 cm³/mol. The van der Waals surface area contributed by atoms with Crippen LogP contribution in [0.4, 0.5) is 5.69 Å². The standard InChI is InChI=1S/C30H30N4O6S/c1-39-28-17-22(12-15-27(28)40-19-20-6-3-2-4-7-20)26(34-24-13-10-21(11-14-24)29(31)32)18-33-41(37,38)25-9-5-8-23(16-25)30(35)36/h2-17,26,33-34H,18-19H2,1H3,(H3,31,32)(H,35,36). The molecule has 11 heteroatoms. The zero-order chi connectivity index (χ0) is 29.4. The summed E-state index contributed by atoms with van der Waals surface area (Å²) in [7, 11) is -2.52. The van der Waals surface area contributed by atoms with Crippen LogP contribution in [0.2, 0.25) is 0 Å². The summed E-state index contributed by atoms with van der Waals surface area (Å²) in [6, 6.07) is 26.4. The number of hydrogen-bond donors (Lipinski definition) is 5. The van der Waals surface area contributed by atoms with Crippen LogP contribution in [0.5, 0.6) is 11.5 Å². The minimum atomic E-state index is -4.05. The summed E-state index contributed by atoms with van der Waals surface area (Å²) >= 11 is 0. The first-order valence-electron chi connectivity index (χ1n) is 12.5. The first-order chi connectivity index (χ1) is 19.7. The predicted octanol–water partition coefficient (Wildman–Crippen LogP) is 4.39. The van der Waals surface area contributed by atoms with Gasteiger partial charge in [-0.15, -0.1) is 0 Å². The maximum absolute atomic E-state index is 13.1. The highest BCUT2D eigenvalue weighted by atomic mass is 32.2. The van der Waals surface area contributed by atoms with E-state index in [-0.39, 0.29) is 22.8 Å². The highest BCUT2D eigenvalue weighted by Crippen LogP contribution is 2.32. The average molecular weight is 575 g/mol. The van der Waals surface area contributed by atoms with Gasteiger partial charge in [0.15, 0.2) is 11.5 Å². The number of carbonyl (C=O) groups is 1. The number of aromatic carboxylic acids is 1. The van der Waals surface area contributed by atoms with Crippen molar-refractivity contribution in [1.82, 2.24) is 4.72 Å². The fourth-order valence-electron chi connectivity index (χ4n) is 4.03. The molecule has 0 aliphatic carbocycles. The van der Waals surface area contributed by atoms with Crippen molar-refractivity contribution in [2.45, 2.75) is 17.5 Å². The quantitative estimate of drug-likeness (QED) is 0.116. The first-order valence-corrected chi connectivity index (χ1v) is 14.0. The molecule has 0 saturated heterocycles. The number of sulfonamides is 1. The Hall–Kier alpha value is -4.87. The van der Waals surface area contributed by atoms with Crippen LogP contribution in [0.15, 0.2) is 102 Å². The summed E-state index contributed by atoms with van der Waals surface area (Å²) in [6.45, 7) is 0.261. The van der Waals surface area contributed by atoms with Gasteiger partial charge in [0.05, 0.1) is 23.6 Å². The Morgan fingerprint density at radius 2 is 1.66 bits per heavy atom. The minimum absolute atomic E-state index is 0.0692. The van der Waals surface area contributed by atoms with Gasteiger partial charge in [-0.25, -0.2) is 17.9 Å². The van der Waals surface area contributed by atoms with Gasteiger partial charge in [-0.1, -0.05) is 42.5 Å². The van der Waals surface area contributed by atoms with Crippen LogP contribution in [0.1, 0.15) is 33.1 Å². The molecule has 1 unspecified atom stereocenters. The number of methoxy groups -OCH3 is 1. The molecule has 4 aromatic carbocycles. The average Bonchev–Trinajstić information content (AvgIpc) is 2.99. The molecule has 0 radical (unpaired) electrons. The molecule has 0 amide bonds. The van der Waals surface area contributed by atoms with Crippen molar-refractivity contribution >= 4 is 27.5 Å². The highest BCUT2D eigenvalue weighted by Gasteiger charge is 2.21. The summed E-state index contributed by atoms with van der Waals surface area (Å²) in [6.07, 6.45) is 0. The molecule has 6 N–H and O–H groups in total. The molecule has 41 heavy (non-hydrogen) atoms. The molecule has 1 atom stereocenters. The van der Waals surface area contributed by atoms with E-state index in [1.807, 2.05) is 36.4 Å². The molecular formula is C30H30N4O6S. The van der Waals surface area contributed by atoms with Crippen LogP contribution in [-0.4, -0.2) is 39.0 Å². The number of nitrogens with two attached hydrogens (primary N) is 1. The van der Waals surface area contributed by atoms with Crippen LogP contribution >= 0.6 is 0 Å². The van der Waals surface area contributed by atoms with Gasteiger partial charge in [0.2, 0.25) is 10.0 Å². The molecule has 0 heterocycles. The summed E-state index contributed by atoms with van der Waals surface area (Å²) < 4.78 is 40.3. The molecule has 4 rings (SSSR count). The lowest BCUT2D eigenvalue weighted by atomic mass is 10.1. The normalized spacial score (nSPS) is 11.8. The maximum Gasteiger partial charge on any atom is 0.335 e. The number of amidine groups is 1. The number of benzene rings is 4. The number of carboxylic acid groups (broad SMARTS) is 1. The zero-order valence-electron chi connectivity index (χ0n) is 22.2. The van der Waals surface area contributed by atoms with Gasteiger partial charge in [-0.2, -0.15) is 0 Å². The second-order valence-electron chi connectivity index (χ2n) is 9.06. The molecular weight excluding hydrogens is 544 g/mol. The number of anilines is 1. The fourth-order valence-corrected chi connectivity index (χ4v) is 5.12. The Morgan fingerprint density at radius 1 is 0.927 bits per heavy atom. The lowest BCUT2D eigenvalue weighted by Gasteiger charge is -2.23. The first kappa shape index (κ1) is 29.1. The summed E-state index contributed by atoms with van der Waals surface area (Å²) in [5, 5.41) is 20.2. The van der Waals surface area contributed by atoms with Crippen molar-refractivity contribution in [2.75, 3.05) is 19.0 Å². The molecule has 0 fully saturated rings. The topological polar surface area (TPSA) is 164 Å². The van der Waals surface area contributed by atoms with Crippen LogP contribution in [0, 0.1) is 5.41 Å². The van der Waals surface area contributed by atoms with E-state index in [0.29, 0.717) is 34.9 Å². The Kier molecular flexibility index (Phi) is 9.23. The van der Waals surface area contributed by atoms with Crippen LogP contribution in [0.25, 0.3) is 0 Å². The Balaban J connectivity index is 1.60. The molecule has 0 saturated carbocycles. The number of nitrogens with one attached hydrogen (secondary N) is 3. The number of hydrogen-bond acceptors (Lipinski definition) is 7. The summed E-state index contributed by atoms with van der Waals surface area (Å²) in [4.78, 5) is 11.2. The molecule has 10 nitrogen and oxygen atoms in total. The van der Waals surface area contributed by atoms with Crippen molar-refractivity contribution in [1.29, 1.82) is 5.41 Å². The second-order valence-corrected chi connectivity index (χ2v) is 10.8. The van der Waals surface area contributed by atoms with Crippen LogP contribution in [0.3, 0.4) is 0 Å². The number of nitrogen functional groups attached to an aromatic ring is 1. The summed E-state index contributed by atoms with van der Waals surface area (Å²) in [5.74, 6) is -0.303. The van der Waals surface area contributed by atoms with E-state index >= 15 is 0 Å². The smallest absolute Gasteiger partial charge is 0.335 e. The molecule has 0 aromatic heterocycles. The summed E-state index contributed by atoms with van der Waals surface area (Å²) in [5.41, 5.74) is 8.34. The van der Waals surface area contributed by atoms with Gasteiger partial charge < -0.3 is 25.6 Å². The van der Waals surface area contributed by atoms with E-state index in [2.05, 4.69) is 10.0 Å². The highest BCUT2D eigenvalue weighted by molar-refractivity contribution is 7.89. The van der Waals surface area contributed by atoms with Crippen molar-refractivity contribution in [3.8, 4) is 11.5 Å². The molecule has 0 bridgehead atoms. The van der Waals surface area contributed by atoms with E-state index in [4.69, 9.17) is 20.6 Å². The van der Waals surface area contributed by atoms with Gasteiger partial charge in [0.25, 0.3) is 0 Å². The van der Waals surface area contributed by atoms with Gasteiger partial charge in [-0.3, -0.25) is 5.41 Å². The number of carboxylic acids is 1. The third-order valence-electron chi connectivity index (χ3n) is 6.23. The van der Waals surface area contributed by atoms with Gasteiger partial charge in [-0.05, 0) is 65.7 Å². The van der Waals surface area contributed by atoms with Crippen LogP contribution < -0.4 is 25.2 Å². The van der Waals surface area contributed by atoms with Crippen molar-refractivity contribution in [3.63, 3.8) is 0 Å². The van der Waals surface area contributed by atoms with E-state index in [1.165, 1.54) is 25.3 Å². The lowest BCUT2D eigenvalue weighted by Crippen LogP contribution is -2.31. The van der Waals surface area contributed by atoms with Gasteiger partial charge in [0.1, 0.15) is 12.4 Å². The van der Waals surface area contributed by atoms with Gasteiger partial charge in [0, 0.05) is 17.8 Å². The monoisotopic (exact) mass is 574 g/mol. The lowest BCUT2D eigenvalue weighted by molar-refractivity contribution is 0.0696. The number of ether oxygens (including phenoxy) is 2. The van der Waals surface area contributed by atoms with Crippen LogP contribution in [-0.2, 0) is 16.6 Å².